The second kappa shape index (κ2) is 9.79. The average molecular weight is 483 g/mol. The van der Waals surface area contributed by atoms with Crippen molar-refractivity contribution in [2.24, 2.45) is 0 Å². The topological polar surface area (TPSA) is 87.2 Å². The minimum Gasteiger partial charge on any atom is -0.461 e. The first-order chi connectivity index (χ1) is 17.6. The number of rotatable bonds is 6. The first kappa shape index (κ1) is 22.8. The van der Waals surface area contributed by atoms with Gasteiger partial charge in [-0.1, -0.05) is 12.1 Å². The fourth-order valence-corrected chi connectivity index (χ4v) is 5.40. The molecule has 2 fully saturated rings. The van der Waals surface area contributed by atoms with Crippen molar-refractivity contribution in [1.82, 2.24) is 30.0 Å². The lowest BCUT2D eigenvalue weighted by molar-refractivity contribution is 0.0393. The molecule has 36 heavy (non-hydrogen) atoms. The molecule has 8 nitrogen and oxygen atoms in total. The number of hydrogen-bond acceptors (Lipinski definition) is 7. The predicted octanol–water partition coefficient (Wildman–Crippen LogP) is 3.93. The summed E-state index contributed by atoms with van der Waals surface area (Å²) in [5.74, 6) is -0.331. The number of ether oxygens (including phenoxy) is 1. The van der Waals surface area contributed by atoms with Gasteiger partial charge in [-0.3, -0.25) is 24.9 Å². The van der Waals surface area contributed by atoms with Gasteiger partial charge in [0, 0.05) is 55.1 Å². The molecule has 0 bridgehead atoms. The van der Waals surface area contributed by atoms with Crippen molar-refractivity contribution in [3.63, 3.8) is 0 Å². The van der Waals surface area contributed by atoms with Crippen LogP contribution in [0, 0.1) is 6.92 Å². The third-order valence-electron chi connectivity index (χ3n) is 7.32. The van der Waals surface area contributed by atoms with Crippen LogP contribution in [0.2, 0.25) is 0 Å². The Hall–Kier alpha value is -3.62. The molecular weight excluding hydrogens is 452 g/mol. The highest BCUT2D eigenvalue weighted by Crippen LogP contribution is 2.31. The molecule has 0 aliphatic carbocycles. The van der Waals surface area contributed by atoms with Crippen molar-refractivity contribution in [3.8, 4) is 22.5 Å². The van der Waals surface area contributed by atoms with Crippen molar-refractivity contribution in [1.29, 1.82) is 0 Å². The number of hydrogen-bond donors (Lipinski definition) is 1. The van der Waals surface area contributed by atoms with E-state index in [1.54, 1.807) is 12.4 Å². The maximum absolute atomic E-state index is 12.8. The maximum atomic E-state index is 12.8. The van der Waals surface area contributed by atoms with Crippen LogP contribution in [-0.4, -0.2) is 81.3 Å². The number of aromatic amines is 1. The molecule has 2 saturated heterocycles. The summed E-state index contributed by atoms with van der Waals surface area (Å²) in [6, 6.07) is 14.5. The van der Waals surface area contributed by atoms with Crippen LogP contribution >= 0.6 is 0 Å². The molecule has 2 aliphatic heterocycles. The molecule has 1 atom stereocenters. The Balaban J connectivity index is 1.16. The third-order valence-corrected chi connectivity index (χ3v) is 7.32. The number of aryl methyl sites for hydroxylation is 1. The molecule has 1 unspecified atom stereocenters. The van der Waals surface area contributed by atoms with Gasteiger partial charge in [-0.05, 0) is 62.2 Å². The summed E-state index contributed by atoms with van der Waals surface area (Å²) in [5.41, 5.74) is 5.86. The van der Waals surface area contributed by atoms with Crippen LogP contribution in [0.3, 0.4) is 0 Å². The SMILES string of the molecule is Cc1cccc(-c2[nH]ncc2-c2ccc3ncc(C(=O)OCCN4CCN5CCCC5C4)cc3c2)n1. The van der Waals surface area contributed by atoms with Gasteiger partial charge in [0.2, 0.25) is 0 Å². The molecule has 6 rings (SSSR count). The Morgan fingerprint density at radius 1 is 1.14 bits per heavy atom. The van der Waals surface area contributed by atoms with Crippen LogP contribution in [0.15, 0.2) is 54.9 Å². The van der Waals surface area contributed by atoms with Crippen LogP contribution in [0.5, 0.6) is 0 Å². The summed E-state index contributed by atoms with van der Waals surface area (Å²) in [5, 5.41) is 8.22. The van der Waals surface area contributed by atoms with Gasteiger partial charge in [-0.15, -0.1) is 0 Å². The molecule has 0 spiro atoms. The van der Waals surface area contributed by atoms with Crippen molar-refractivity contribution in [3.05, 3.63) is 66.1 Å². The highest BCUT2D eigenvalue weighted by atomic mass is 16.5. The number of fused-ring (bicyclic) bond motifs is 2. The van der Waals surface area contributed by atoms with Crippen molar-refractivity contribution < 1.29 is 9.53 Å². The lowest BCUT2D eigenvalue weighted by Gasteiger charge is -2.37. The molecule has 0 amide bonds. The van der Waals surface area contributed by atoms with Crippen LogP contribution in [-0.2, 0) is 4.74 Å². The number of carbonyl (C=O) groups excluding carboxylic acids is 1. The largest absolute Gasteiger partial charge is 0.461 e. The van der Waals surface area contributed by atoms with E-state index in [4.69, 9.17) is 4.74 Å². The Morgan fingerprint density at radius 2 is 2.08 bits per heavy atom. The van der Waals surface area contributed by atoms with Crippen molar-refractivity contribution in [2.75, 3.05) is 39.3 Å². The zero-order valence-electron chi connectivity index (χ0n) is 20.5. The number of benzene rings is 1. The Morgan fingerprint density at radius 3 is 3.00 bits per heavy atom. The van der Waals surface area contributed by atoms with Crippen LogP contribution in [0.25, 0.3) is 33.4 Å². The van der Waals surface area contributed by atoms with E-state index in [2.05, 4.69) is 30.0 Å². The number of piperazine rings is 1. The number of nitrogens with one attached hydrogen (secondary N) is 1. The van der Waals surface area contributed by atoms with Gasteiger partial charge < -0.3 is 4.74 Å². The molecule has 1 aromatic carbocycles. The van der Waals surface area contributed by atoms with Gasteiger partial charge in [0.05, 0.1) is 28.7 Å². The summed E-state index contributed by atoms with van der Waals surface area (Å²) in [6.07, 6.45) is 5.98. The maximum Gasteiger partial charge on any atom is 0.339 e. The summed E-state index contributed by atoms with van der Waals surface area (Å²) >= 11 is 0. The Bertz CT molecular complexity index is 1400. The first-order valence-corrected chi connectivity index (χ1v) is 12.7. The summed E-state index contributed by atoms with van der Waals surface area (Å²) in [6.45, 7) is 7.61. The number of pyridine rings is 2. The number of carbonyl (C=O) groups is 1. The quantitative estimate of drug-likeness (QED) is 0.417. The van der Waals surface area contributed by atoms with Crippen LogP contribution < -0.4 is 0 Å². The molecule has 5 heterocycles. The summed E-state index contributed by atoms with van der Waals surface area (Å²) in [7, 11) is 0. The van der Waals surface area contributed by atoms with E-state index in [1.165, 1.54) is 19.4 Å². The second-order valence-corrected chi connectivity index (χ2v) is 9.72. The molecule has 4 aromatic rings. The smallest absolute Gasteiger partial charge is 0.339 e. The van der Waals surface area contributed by atoms with E-state index in [9.17, 15) is 4.79 Å². The molecular formula is C28H30N6O2. The standard InChI is InChI=1S/C28H30N6O2/c1-19-4-2-6-26(31-19)27-24(17-30-32-27)20-7-8-25-21(14-20)15-22(16-29-25)28(35)36-13-12-33-10-11-34-9-3-5-23(34)18-33/h2,4,6-8,14-17,23H,3,5,9-13,18H2,1H3,(H,30,32). The zero-order chi connectivity index (χ0) is 24.5. The van der Waals surface area contributed by atoms with E-state index >= 15 is 0 Å². The number of nitrogens with zero attached hydrogens (tertiary/aromatic N) is 5. The highest BCUT2D eigenvalue weighted by molar-refractivity contribution is 5.95. The fraction of sp³-hybridized carbons (Fsp3) is 0.357. The van der Waals surface area contributed by atoms with Gasteiger partial charge >= 0.3 is 5.97 Å². The Kier molecular flexibility index (Phi) is 6.21. The number of esters is 1. The van der Waals surface area contributed by atoms with E-state index in [0.717, 1.165) is 65.3 Å². The molecule has 8 heteroatoms. The van der Waals surface area contributed by atoms with E-state index < -0.39 is 0 Å². The van der Waals surface area contributed by atoms with Gasteiger partial charge in [0.1, 0.15) is 6.61 Å². The lowest BCUT2D eigenvalue weighted by Crippen LogP contribution is -2.50. The molecule has 3 aromatic heterocycles. The first-order valence-electron chi connectivity index (χ1n) is 12.7. The van der Waals surface area contributed by atoms with Gasteiger partial charge in [-0.2, -0.15) is 5.10 Å². The minimum atomic E-state index is -0.331. The minimum absolute atomic E-state index is 0.331. The number of aromatic nitrogens is 4. The highest BCUT2D eigenvalue weighted by Gasteiger charge is 2.30. The van der Waals surface area contributed by atoms with Crippen molar-refractivity contribution in [2.45, 2.75) is 25.8 Å². The Labute approximate surface area is 210 Å². The number of H-pyrrole nitrogens is 1. The molecule has 0 saturated carbocycles. The third kappa shape index (κ3) is 4.62. The van der Waals surface area contributed by atoms with E-state index in [1.807, 2.05) is 49.4 Å². The summed E-state index contributed by atoms with van der Waals surface area (Å²) in [4.78, 5) is 26.9. The fourth-order valence-electron chi connectivity index (χ4n) is 5.40. The lowest BCUT2D eigenvalue weighted by atomic mass is 10.0. The van der Waals surface area contributed by atoms with Gasteiger partial charge in [-0.25, -0.2) is 4.79 Å². The summed E-state index contributed by atoms with van der Waals surface area (Å²) < 4.78 is 5.62. The molecule has 0 radical (unpaired) electrons. The molecule has 184 valence electrons. The van der Waals surface area contributed by atoms with E-state index in [-0.39, 0.29) is 5.97 Å². The molecule has 2 aliphatic rings. The average Bonchev–Trinajstić information content (AvgIpc) is 3.57. The second-order valence-electron chi connectivity index (χ2n) is 9.72. The van der Waals surface area contributed by atoms with Gasteiger partial charge in [0.25, 0.3) is 0 Å². The zero-order valence-corrected chi connectivity index (χ0v) is 20.5. The molecule has 1 N–H and O–H groups in total. The van der Waals surface area contributed by atoms with Gasteiger partial charge in [0.15, 0.2) is 0 Å². The monoisotopic (exact) mass is 482 g/mol. The van der Waals surface area contributed by atoms with Crippen LogP contribution in [0.4, 0.5) is 0 Å². The van der Waals surface area contributed by atoms with Crippen LogP contribution in [0.1, 0.15) is 28.9 Å². The predicted molar refractivity (Wildman–Crippen MR) is 139 cm³/mol. The normalized spacial score (nSPS) is 18.4. The van der Waals surface area contributed by atoms with E-state index in [0.29, 0.717) is 18.2 Å². The van der Waals surface area contributed by atoms with Crippen molar-refractivity contribution >= 4 is 16.9 Å².